The molecule has 0 saturated carbocycles. The van der Waals surface area contributed by atoms with E-state index in [0.717, 1.165) is 0 Å². The highest BCUT2D eigenvalue weighted by Gasteiger charge is 2.23. The van der Waals surface area contributed by atoms with Gasteiger partial charge in [-0.05, 0) is 5.56 Å². The van der Waals surface area contributed by atoms with Crippen LogP contribution in [-0.4, -0.2) is 38.0 Å². The Hall–Kier alpha value is -2.12. The van der Waals surface area contributed by atoms with Gasteiger partial charge in [-0.3, -0.25) is 9.59 Å². The van der Waals surface area contributed by atoms with Crippen LogP contribution in [0.4, 0.5) is 0 Å². The van der Waals surface area contributed by atoms with Gasteiger partial charge < -0.3 is 21.1 Å². The Morgan fingerprint density at radius 3 is 2.33 bits per heavy atom. The molecule has 21 heavy (non-hydrogen) atoms. The molecule has 0 spiro atoms. The van der Waals surface area contributed by atoms with Crippen molar-refractivity contribution in [3.8, 4) is 0 Å². The minimum atomic E-state index is -0.913. The van der Waals surface area contributed by atoms with Gasteiger partial charge in [0, 0.05) is 0 Å². The van der Waals surface area contributed by atoms with E-state index in [1.807, 2.05) is 0 Å². The molecular weight excluding hydrogens is 298 g/mol. The highest BCUT2D eigenvalue weighted by Crippen LogP contribution is 2.13. The third-order valence-corrected chi connectivity index (χ3v) is 2.51. The topological polar surface area (TPSA) is 111 Å². The van der Waals surface area contributed by atoms with Gasteiger partial charge in [-0.25, -0.2) is 4.79 Å². The van der Waals surface area contributed by atoms with Crippen LogP contribution in [-0.2, 0) is 19.1 Å². The van der Waals surface area contributed by atoms with Crippen molar-refractivity contribution in [2.24, 2.45) is 5.73 Å². The van der Waals surface area contributed by atoms with E-state index < -0.39 is 23.8 Å². The molecule has 0 aliphatic heterocycles. The van der Waals surface area contributed by atoms with Crippen LogP contribution >= 0.6 is 12.4 Å². The van der Waals surface area contributed by atoms with Crippen LogP contribution in [0.25, 0.3) is 0 Å². The predicted molar refractivity (Wildman–Crippen MR) is 78.7 cm³/mol. The molecular formula is C13H18ClN3O4. The van der Waals surface area contributed by atoms with E-state index in [0.29, 0.717) is 5.56 Å². The number of halogens is 1. The molecule has 4 N–H and O–H groups in total. The number of carbonyl (C=O) groups excluding carboxylic acids is 3. The third-order valence-electron chi connectivity index (χ3n) is 2.51. The van der Waals surface area contributed by atoms with Crippen LogP contribution in [0.1, 0.15) is 11.6 Å². The highest BCUT2D eigenvalue weighted by molar-refractivity contribution is 5.89. The molecule has 0 heterocycles. The van der Waals surface area contributed by atoms with Crippen LogP contribution in [0, 0.1) is 0 Å². The number of esters is 1. The maximum Gasteiger partial charge on any atom is 0.333 e. The van der Waals surface area contributed by atoms with E-state index in [1.165, 1.54) is 7.11 Å². The number of nitrogens with two attached hydrogens (primary N) is 1. The SMILES string of the molecule is COC(=O)C(NC(=O)CNC(=O)CN)c1ccccc1.Cl. The van der Waals surface area contributed by atoms with E-state index >= 15 is 0 Å². The molecule has 0 radical (unpaired) electrons. The lowest BCUT2D eigenvalue weighted by molar-refractivity contribution is -0.145. The number of amides is 2. The molecule has 0 fully saturated rings. The van der Waals surface area contributed by atoms with Crippen molar-refractivity contribution >= 4 is 30.2 Å². The molecule has 0 aromatic heterocycles. The molecule has 1 unspecified atom stereocenters. The molecule has 0 aliphatic rings. The Labute approximate surface area is 128 Å². The van der Waals surface area contributed by atoms with Gasteiger partial charge in [0.25, 0.3) is 0 Å². The van der Waals surface area contributed by atoms with Crippen molar-refractivity contribution < 1.29 is 19.1 Å². The summed E-state index contributed by atoms with van der Waals surface area (Å²) in [6, 6.07) is 7.76. The fourth-order valence-corrected chi connectivity index (χ4v) is 1.50. The van der Waals surface area contributed by atoms with Crippen LogP contribution in [0.3, 0.4) is 0 Å². The average molecular weight is 316 g/mol. The van der Waals surface area contributed by atoms with Crippen LogP contribution in [0.2, 0.25) is 0 Å². The number of methoxy groups -OCH3 is 1. The molecule has 1 aromatic carbocycles. The molecule has 7 nitrogen and oxygen atoms in total. The molecule has 0 aliphatic carbocycles. The first-order valence-electron chi connectivity index (χ1n) is 5.97. The van der Waals surface area contributed by atoms with E-state index in [9.17, 15) is 14.4 Å². The van der Waals surface area contributed by atoms with Gasteiger partial charge in [-0.1, -0.05) is 30.3 Å². The molecule has 1 aromatic rings. The summed E-state index contributed by atoms with van der Waals surface area (Å²) in [7, 11) is 1.24. The number of hydrogen-bond donors (Lipinski definition) is 3. The second kappa shape index (κ2) is 9.73. The van der Waals surface area contributed by atoms with E-state index in [4.69, 9.17) is 5.73 Å². The lowest BCUT2D eigenvalue weighted by Crippen LogP contribution is -2.42. The van der Waals surface area contributed by atoms with Gasteiger partial charge in [0.2, 0.25) is 11.8 Å². The second-order valence-electron chi connectivity index (χ2n) is 3.92. The maximum atomic E-state index is 11.7. The number of carbonyl (C=O) groups is 3. The zero-order valence-corrected chi connectivity index (χ0v) is 12.3. The normalized spacial score (nSPS) is 10.8. The first-order chi connectivity index (χ1) is 9.58. The lowest BCUT2D eigenvalue weighted by Gasteiger charge is -2.17. The summed E-state index contributed by atoms with van der Waals surface area (Å²) in [5, 5.41) is 4.81. The molecule has 8 heteroatoms. The second-order valence-corrected chi connectivity index (χ2v) is 3.92. The van der Waals surface area contributed by atoms with Crippen LogP contribution < -0.4 is 16.4 Å². The molecule has 1 atom stereocenters. The smallest absolute Gasteiger partial charge is 0.333 e. The Kier molecular flexibility index (Phi) is 8.75. The number of nitrogens with one attached hydrogen (secondary N) is 2. The zero-order chi connectivity index (χ0) is 15.0. The Bertz CT molecular complexity index is 482. The fourth-order valence-electron chi connectivity index (χ4n) is 1.50. The summed E-state index contributed by atoms with van der Waals surface area (Å²) in [6.45, 7) is -0.456. The minimum absolute atomic E-state index is 0. The number of rotatable bonds is 6. The van der Waals surface area contributed by atoms with E-state index in [1.54, 1.807) is 30.3 Å². The number of benzene rings is 1. The van der Waals surface area contributed by atoms with Crippen molar-refractivity contribution in [3.63, 3.8) is 0 Å². The molecule has 1 rings (SSSR count). The molecule has 0 saturated heterocycles. The summed E-state index contributed by atoms with van der Waals surface area (Å²) < 4.78 is 4.65. The molecule has 116 valence electrons. The highest BCUT2D eigenvalue weighted by atomic mass is 35.5. The minimum Gasteiger partial charge on any atom is -0.467 e. The third kappa shape index (κ3) is 6.24. The summed E-state index contributed by atoms with van der Waals surface area (Å²) in [5.41, 5.74) is 5.70. The van der Waals surface area contributed by atoms with Crippen molar-refractivity contribution in [1.82, 2.24) is 10.6 Å². The van der Waals surface area contributed by atoms with Crippen molar-refractivity contribution in [1.29, 1.82) is 0 Å². The van der Waals surface area contributed by atoms with Gasteiger partial charge in [-0.2, -0.15) is 0 Å². The first-order valence-corrected chi connectivity index (χ1v) is 5.97. The van der Waals surface area contributed by atoms with Crippen LogP contribution in [0.5, 0.6) is 0 Å². The largest absolute Gasteiger partial charge is 0.467 e. The van der Waals surface area contributed by atoms with Gasteiger partial charge >= 0.3 is 5.97 Å². The number of ether oxygens (including phenoxy) is 1. The van der Waals surface area contributed by atoms with Crippen molar-refractivity contribution in [3.05, 3.63) is 35.9 Å². The van der Waals surface area contributed by atoms with Gasteiger partial charge in [0.05, 0.1) is 20.2 Å². The van der Waals surface area contributed by atoms with Gasteiger partial charge in [0.1, 0.15) is 0 Å². The van der Waals surface area contributed by atoms with E-state index in [2.05, 4.69) is 15.4 Å². The van der Waals surface area contributed by atoms with Gasteiger partial charge in [-0.15, -0.1) is 12.4 Å². The van der Waals surface area contributed by atoms with Crippen molar-refractivity contribution in [2.75, 3.05) is 20.2 Å². The summed E-state index contributed by atoms with van der Waals surface area (Å²) >= 11 is 0. The molecule has 2 amide bonds. The number of hydrogen-bond acceptors (Lipinski definition) is 5. The Morgan fingerprint density at radius 2 is 1.81 bits per heavy atom. The lowest BCUT2D eigenvalue weighted by atomic mass is 10.1. The monoisotopic (exact) mass is 315 g/mol. The average Bonchev–Trinajstić information content (AvgIpc) is 2.50. The fraction of sp³-hybridized carbons (Fsp3) is 0.308. The van der Waals surface area contributed by atoms with Gasteiger partial charge in [0.15, 0.2) is 6.04 Å². The summed E-state index contributed by atoms with van der Waals surface area (Å²) in [4.78, 5) is 34.3. The quantitative estimate of drug-likeness (QED) is 0.614. The standard InChI is InChI=1S/C13H17N3O4.ClH/c1-20-13(19)12(9-5-3-2-4-6-9)16-11(18)8-15-10(17)7-14;/h2-6,12H,7-8,14H2,1H3,(H,15,17)(H,16,18);1H. The Balaban J connectivity index is 0.00000400. The predicted octanol–water partition coefficient (Wildman–Crippen LogP) is -0.486. The van der Waals surface area contributed by atoms with E-state index in [-0.39, 0.29) is 25.5 Å². The maximum absolute atomic E-state index is 11.7. The first kappa shape index (κ1) is 18.9. The Morgan fingerprint density at radius 1 is 1.19 bits per heavy atom. The van der Waals surface area contributed by atoms with Crippen LogP contribution in [0.15, 0.2) is 30.3 Å². The molecule has 0 bridgehead atoms. The summed E-state index contributed by atoms with van der Waals surface area (Å²) in [5.74, 6) is -1.55. The summed E-state index contributed by atoms with van der Waals surface area (Å²) in [6.07, 6.45) is 0. The van der Waals surface area contributed by atoms with Crippen molar-refractivity contribution in [2.45, 2.75) is 6.04 Å². The zero-order valence-electron chi connectivity index (χ0n) is 11.5.